The molecule has 0 bridgehead atoms. The van der Waals surface area contributed by atoms with Crippen LogP contribution in [0.15, 0.2) is 61.1 Å². The predicted octanol–water partition coefficient (Wildman–Crippen LogP) is 5.97. The SMILES string of the molecule is C=C(C)C/C(=C\C)c1ccc2cnc(NC(=C)N3CCCCC3)cc2c1. The maximum Gasteiger partial charge on any atom is 0.131 e. The summed E-state index contributed by atoms with van der Waals surface area (Å²) in [6, 6.07) is 8.66. The van der Waals surface area contributed by atoms with Gasteiger partial charge in [-0.1, -0.05) is 36.9 Å². The lowest BCUT2D eigenvalue weighted by Gasteiger charge is -2.30. The van der Waals surface area contributed by atoms with Crippen molar-refractivity contribution in [2.45, 2.75) is 39.5 Å². The molecule has 0 spiro atoms. The predicted molar refractivity (Wildman–Crippen MR) is 113 cm³/mol. The van der Waals surface area contributed by atoms with E-state index >= 15 is 0 Å². The van der Waals surface area contributed by atoms with E-state index in [0.29, 0.717) is 0 Å². The Bertz CT molecular complexity index is 842. The highest BCUT2D eigenvalue weighted by Crippen LogP contribution is 2.27. The Balaban J connectivity index is 1.82. The number of pyridine rings is 1. The largest absolute Gasteiger partial charge is 0.359 e. The van der Waals surface area contributed by atoms with E-state index in [2.05, 4.69) is 72.5 Å². The van der Waals surface area contributed by atoms with Crippen molar-refractivity contribution in [3.8, 4) is 0 Å². The molecule has 1 aromatic heterocycles. The van der Waals surface area contributed by atoms with Crippen molar-refractivity contribution in [3.63, 3.8) is 0 Å². The Morgan fingerprint density at radius 3 is 2.62 bits per heavy atom. The van der Waals surface area contributed by atoms with E-state index in [-0.39, 0.29) is 0 Å². The highest BCUT2D eigenvalue weighted by Gasteiger charge is 2.12. The zero-order chi connectivity index (χ0) is 18.5. The van der Waals surface area contributed by atoms with Gasteiger partial charge in [-0.3, -0.25) is 0 Å². The van der Waals surface area contributed by atoms with Gasteiger partial charge in [-0.05, 0) is 68.2 Å². The van der Waals surface area contributed by atoms with Crippen LogP contribution in [0.5, 0.6) is 0 Å². The van der Waals surface area contributed by atoms with Crippen LogP contribution in [0.1, 0.15) is 45.1 Å². The van der Waals surface area contributed by atoms with Crippen molar-refractivity contribution in [2.24, 2.45) is 0 Å². The van der Waals surface area contributed by atoms with Crippen LogP contribution >= 0.6 is 0 Å². The van der Waals surface area contributed by atoms with Gasteiger partial charge in [0.2, 0.25) is 0 Å². The van der Waals surface area contributed by atoms with Crippen LogP contribution in [0.4, 0.5) is 5.82 Å². The quantitative estimate of drug-likeness (QED) is 0.652. The van der Waals surface area contributed by atoms with Gasteiger partial charge in [0.1, 0.15) is 5.82 Å². The van der Waals surface area contributed by atoms with E-state index in [9.17, 15) is 0 Å². The van der Waals surface area contributed by atoms with Crippen LogP contribution in [0, 0.1) is 0 Å². The standard InChI is InChI=1S/C23H29N3/c1-5-19(13-17(2)3)20-9-10-21-16-24-23(15-22(21)14-20)25-18(4)26-11-7-6-8-12-26/h5,9-10,14-16H,2,4,6-8,11-13H2,1,3H3,(H,24,25)/b19-5+. The topological polar surface area (TPSA) is 28.2 Å². The number of fused-ring (bicyclic) bond motifs is 1. The third kappa shape index (κ3) is 4.34. The second-order valence-electron chi connectivity index (χ2n) is 7.20. The lowest BCUT2D eigenvalue weighted by molar-refractivity contribution is 0.289. The molecule has 0 saturated carbocycles. The number of aromatic nitrogens is 1. The molecule has 1 fully saturated rings. The van der Waals surface area contributed by atoms with Crippen molar-refractivity contribution in [2.75, 3.05) is 18.4 Å². The normalized spacial score (nSPS) is 15.2. The van der Waals surface area contributed by atoms with Crippen molar-refractivity contribution >= 4 is 22.2 Å². The average molecular weight is 348 g/mol. The summed E-state index contributed by atoms with van der Waals surface area (Å²) < 4.78 is 0. The average Bonchev–Trinajstić information content (AvgIpc) is 2.66. The molecule has 1 aliphatic rings. The maximum atomic E-state index is 4.56. The number of anilines is 1. The second-order valence-corrected chi connectivity index (χ2v) is 7.20. The third-order valence-corrected chi connectivity index (χ3v) is 4.94. The fourth-order valence-electron chi connectivity index (χ4n) is 3.50. The number of benzene rings is 1. The van der Waals surface area contributed by atoms with E-state index in [1.54, 1.807) is 0 Å². The smallest absolute Gasteiger partial charge is 0.131 e. The molecule has 0 unspecified atom stereocenters. The van der Waals surface area contributed by atoms with Crippen molar-refractivity contribution in [1.29, 1.82) is 0 Å². The number of nitrogens with one attached hydrogen (secondary N) is 1. The molecule has 0 radical (unpaired) electrons. The molecular formula is C23H29N3. The summed E-state index contributed by atoms with van der Waals surface area (Å²) in [6.45, 7) is 14.6. The van der Waals surface area contributed by atoms with Gasteiger partial charge in [0, 0.05) is 24.7 Å². The van der Waals surface area contributed by atoms with Gasteiger partial charge in [0.25, 0.3) is 0 Å². The Labute approximate surface area is 157 Å². The summed E-state index contributed by atoms with van der Waals surface area (Å²) in [5.74, 6) is 1.80. The highest BCUT2D eigenvalue weighted by molar-refractivity contribution is 5.87. The number of nitrogens with zero attached hydrogens (tertiary/aromatic N) is 2. The lowest BCUT2D eigenvalue weighted by Crippen LogP contribution is -2.31. The van der Waals surface area contributed by atoms with E-state index < -0.39 is 0 Å². The number of allylic oxidation sites excluding steroid dienone is 3. The Morgan fingerprint density at radius 1 is 1.15 bits per heavy atom. The molecule has 0 amide bonds. The minimum absolute atomic E-state index is 0.854. The summed E-state index contributed by atoms with van der Waals surface area (Å²) in [7, 11) is 0. The maximum absolute atomic E-state index is 4.56. The molecule has 1 aromatic carbocycles. The van der Waals surface area contributed by atoms with E-state index in [0.717, 1.165) is 36.5 Å². The van der Waals surface area contributed by atoms with E-state index in [1.165, 1.54) is 41.4 Å². The zero-order valence-corrected chi connectivity index (χ0v) is 16.0. The summed E-state index contributed by atoms with van der Waals surface area (Å²) in [5.41, 5.74) is 3.73. The molecule has 2 aromatic rings. The number of piperidine rings is 1. The molecule has 2 heterocycles. The molecule has 3 rings (SSSR count). The first-order chi connectivity index (χ1) is 12.6. The fraction of sp³-hybridized carbons (Fsp3) is 0.348. The molecule has 0 atom stereocenters. The van der Waals surface area contributed by atoms with Crippen molar-refractivity contribution in [1.82, 2.24) is 9.88 Å². The lowest BCUT2D eigenvalue weighted by atomic mass is 9.97. The zero-order valence-electron chi connectivity index (χ0n) is 16.0. The van der Waals surface area contributed by atoms with Gasteiger partial charge in [0.15, 0.2) is 0 Å². The molecule has 3 nitrogen and oxygen atoms in total. The first kappa shape index (κ1) is 18.2. The third-order valence-electron chi connectivity index (χ3n) is 4.94. The van der Waals surface area contributed by atoms with Crippen LogP contribution in [0.25, 0.3) is 16.3 Å². The minimum Gasteiger partial charge on any atom is -0.359 e. The Hall–Kier alpha value is -2.55. The molecule has 26 heavy (non-hydrogen) atoms. The van der Waals surface area contributed by atoms with Gasteiger partial charge in [-0.25, -0.2) is 4.98 Å². The molecular weight excluding hydrogens is 318 g/mol. The van der Waals surface area contributed by atoms with Gasteiger partial charge >= 0.3 is 0 Å². The van der Waals surface area contributed by atoms with Crippen LogP contribution in [-0.2, 0) is 0 Å². The second kappa shape index (κ2) is 8.22. The molecule has 1 N–H and O–H groups in total. The van der Waals surface area contributed by atoms with Crippen LogP contribution in [-0.4, -0.2) is 23.0 Å². The molecule has 0 aliphatic carbocycles. The van der Waals surface area contributed by atoms with Gasteiger partial charge in [0.05, 0.1) is 5.82 Å². The molecule has 136 valence electrons. The first-order valence-electron chi connectivity index (χ1n) is 9.47. The number of hydrogen-bond donors (Lipinski definition) is 1. The van der Waals surface area contributed by atoms with Gasteiger partial charge < -0.3 is 10.2 Å². The summed E-state index contributed by atoms with van der Waals surface area (Å²) in [6.07, 6.45) is 8.81. The van der Waals surface area contributed by atoms with E-state index in [4.69, 9.17) is 0 Å². The summed E-state index contributed by atoms with van der Waals surface area (Å²) in [5, 5.41) is 5.72. The molecule has 3 heteroatoms. The highest BCUT2D eigenvalue weighted by atomic mass is 15.3. The Morgan fingerprint density at radius 2 is 1.92 bits per heavy atom. The van der Waals surface area contributed by atoms with Gasteiger partial charge in [-0.15, -0.1) is 0 Å². The summed E-state index contributed by atoms with van der Waals surface area (Å²) in [4.78, 5) is 6.87. The summed E-state index contributed by atoms with van der Waals surface area (Å²) >= 11 is 0. The van der Waals surface area contributed by atoms with Crippen molar-refractivity contribution in [3.05, 3.63) is 66.7 Å². The van der Waals surface area contributed by atoms with Crippen LogP contribution < -0.4 is 5.32 Å². The Kier molecular flexibility index (Phi) is 5.77. The van der Waals surface area contributed by atoms with E-state index in [1.807, 2.05) is 6.20 Å². The van der Waals surface area contributed by atoms with Crippen molar-refractivity contribution < 1.29 is 0 Å². The first-order valence-corrected chi connectivity index (χ1v) is 9.47. The monoisotopic (exact) mass is 347 g/mol. The number of hydrogen-bond acceptors (Lipinski definition) is 3. The van der Waals surface area contributed by atoms with Gasteiger partial charge in [-0.2, -0.15) is 0 Å². The molecule has 1 aliphatic heterocycles. The van der Waals surface area contributed by atoms with Crippen LogP contribution in [0.2, 0.25) is 0 Å². The van der Waals surface area contributed by atoms with Crippen LogP contribution in [0.3, 0.4) is 0 Å². The fourth-order valence-corrected chi connectivity index (χ4v) is 3.50. The number of rotatable bonds is 6. The number of likely N-dealkylation sites (tertiary alicyclic amines) is 1. The minimum atomic E-state index is 0.854. The molecule has 1 saturated heterocycles.